The number of aryl methyl sites for hydroxylation is 1. The lowest BCUT2D eigenvalue weighted by Crippen LogP contribution is -2.33. The first-order chi connectivity index (χ1) is 11.4. The van der Waals surface area contributed by atoms with E-state index in [1.807, 2.05) is 37.3 Å². The van der Waals surface area contributed by atoms with Gasteiger partial charge in [0.25, 0.3) is 0 Å². The molecule has 0 saturated carbocycles. The summed E-state index contributed by atoms with van der Waals surface area (Å²) in [4.78, 5) is 0.0938. The number of aliphatic hydroxyl groups excluding tert-OH is 1. The maximum absolute atomic E-state index is 12.5. The number of hydrogen-bond acceptors (Lipinski definition) is 4. The molecule has 0 heterocycles. The van der Waals surface area contributed by atoms with E-state index >= 15 is 0 Å². The van der Waals surface area contributed by atoms with Crippen LogP contribution in [0.15, 0.2) is 53.4 Å². The van der Waals surface area contributed by atoms with E-state index in [2.05, 4.69) is 4.72 Å². The van der Waals surface area contributed by atoms with Crippen LogP contribution in [0.4, 0.5) is 0 Å². The van der Waals surface area contributed by atoms with E-state index in [0.29, 0.717) is 18.8 Å². The maximum atomic E-state index is 12.5. The van der Waals surface area contributed by atoms with Gasteiger partial charge in [-0.1, -0.05) is 36.4 Å². The fourth-order valence-electron chi connectivity index (χ4n) is 2.34. The van der Waals surface area contributed by atoms with Crippen molar-refractivity contribution in [2.45, 2.75) is 31.3 Å². The monoisotopic (exact) mass is 349 g/mol. The fourth-order valence-corrected chi connectivity index (χ4v) is 3.64. The molecule has 6 heteroatoms. The van der Waals surface area contributed by atoms with E-state index in [4.69, 9.17) is 4.74 Å². The van der Waals surface area contributed by atoms with Crippen molar-refractivity contribution in [2.75, 3.05) is 13.2 Å². The summed E-state index contributed by atoms with van der Waals surface area (Å²) in [5.74, 6) is 0.313. The van der Waals surface area contributed by atoms with E-state index < -0.39 is 16.1 Å². The first-order valence-electron chi connectivity index (χ1n) is 7.87. The quantitative estimate of drug-likeness (QED) is 0.767. The molecule has 0 amide bonds. The van der Waals surface area contributed by atoms with Crippen molar-refractivity contribution in [1.29, 1.82) is 0 Å². The molecule has 0 radical (unpaired) electrons. The number of nitrogens with one attached hydrogen (secondary N) is 1. The minimum Gasteiger partial charge on any atom is -0.492 e. The molecule has 24 heavy (non-hydrogen) atoms. The number of aliphatic hydroxyl groups is 1. The van der Waals surface area contributed by atoms with Crippen LogP contribution in [0.3, 0.4) is 0 Å². The topological polar surface area (TPSA) is 75.6 Å². The maximum Gasteiger partial charge on any atom is 0.244 e. The second kappa shape index (κ2) is 8.28. The van der Waals surface area contributed by atoms with Crippen LogP contribution in [0.2, 0.25) is 0 Å². The molecule has 130 valence electrons. The van der Waals surface area contributed by atoms with E-state index in [1.165, 1.54) is 0 Å². The first-order valence-corrected chi connectivity index (χ1v) is 9.36. The standard InChI is InChI=1S/C18H23NO4S/c1-3-23-17-10-9-14(2)11-18(17)24(21,22)19-13-16(20)12-15-7-5-4-6-8-15/h4-11,16,19-20H,3,12-13H2,1-2H3. The third kappa shape index (κ3) is 5.06. The Morgan fingerprint density at radius 2 is 1.88 bits per heavy atom. The van der Waals surface area contributed by atoms with Crippen molar-refractivity contribution in [1.82, 2.24) is 4.72 Å². The van der Waals surface area contributed by atoms with Gasteiger partial charge < -0.3 is 9.84 Å². The van der Waals surface area contributed by atoms with E-state index in [1.54, 1.807) is 25.1 Å². The third-order valence-corrected chi connectivity index (χ3v) is 4.96. The lowest BCUT2D eigenvalue weighted by atomic mass is 10.1. The molecule has 0 aliphatic carbocycles. The van der Waals surface area contributed by atoms with Gasteiger partial charge in [-0.15, -0.1) is 0 Å². The summed E-state index contributed by atoms with van der Waals surface area (Å²) in [5.41, 5.74) is 1.78. The van der Waals surface area contributed by atoms with Gasteiger partial charge in [0.15, 0.2) is 0 Å². The van der Waals surface area contributed by atoms with E-state index in [0.717, 1.165) is 11.1 Å². The minimum absolute atomic E-state index is 0.0588. The summed E-state index contributed by atoms with van der Waals surface area (Å²) in [7, 11) is -3.76. The largest absolute Gasteiger partial charge is 0.492 e. The van der Waals surface area contributed by atoms with E-state index in [-0.39, 0.29) is 11.4 Å². The second-order valence-corrected chi connectivity index (χ2v) is 7.31. The van der Waals surface area contributed by atoms with Gasteiger partial charge in [0.1, 0.15) is 10.6 Å². The minimum atomic E-state index is -3.76. The highest BCUT2D eigenvalue weighted by atomic mass is 32.2. The predicted octanol–water partition coefficient (Wildman–Crippen LogP) is 2.28. The van der Waals surface area contributed by atoms with Crippen LogP contribution in [0.1, 0.15) is 18.1 Å². The lowest BCUT2D eigenvalue weighted by Gasteiger charge is -2.15. The summed E-state index contributed by atoms with van der Waals surface area (Å²) < 4.78 is 32.9. The molecular weight excluding hydrogens is 326 g/mol. The van der Waals surface area contributed by atoms with E-state index in [9.17, 15) is 13.5 Å². The van der Waals surface area contributed by atoms with Gasteiger partial charge in [0, 0.05) is 6.54 Å². The molecule has 2 aromatic carbocycles. The van der Waals surface area contributed by atoms with Gasteiger partial charge in [-0.05, 0) is 43.5 Å². The molecule has 1 unspecified atom stereocenters. The molecule has 0 aromatic heterocycles. The lowest BCUT2D eigenvalue weighted by molar-refractivity contribution is 0.179. The Morgan fingerprint density at radius 1 is 1.17 bits per heavy atom. The van der Waals surface area contributed by atoms with Crippen LogP contribution in [0.5, 0.6) is 5.75 Å². The summed E-state index contributed by atoms with van der Waals surface area (Å²) in [6, 6.07) is 14.5. The van der Waals surface area contributed by atoms with Crippen molar-refractivity contribution < 1.29 is 18.3 Å². The number of sulfonamides is 1. The van der Waals surface area contributed by atoms with Crippen LogP contribution in [0, 0.1) is 6.92 Å². The van der Waals surface area contributed by atoms with Crippen molar-refractivity contribution in [2.24, 2.45) is 0 Å². The fraction of sp³-hybridized carbons (Fsp3) is 0.333. The zero-order valence-electron chi connectivity index (χ0n) is 13.9. The SMILES string of the molecule is CCOc1ccc(C)cc1S(=O)(=O)NCC(O)Cc1ccccc1. The van der Waals surface area contributed by atoms with Crippen LogP contribution in [-0.4, -0.2) is 32.8 Å². The summed E-state index contributed by atoms with van der Waals surface area (Å²) >= 11 is 0. The van der Waals surface area contributed by atoms with Gasteiger partial charge in [-0.25, -0.2) is 13.1 Å². The van der Waals surface area contributed by atoms with Crippen molar-refractivity contribution in [3.63, 3.8) is 0 Å². The number of hydrogen-bond donors (Lipinski definition) is 2. The molecule has 0 aliphatic rings. The molecule has 5 nitrogen and oxygen atoms in total. The van der Waals surface area contributed by atoms with Crippen molar-refractivity contribution in [3.8, 4) is 5.75 Å². The van der Waals surface area contributed by atoms with Crippen LogP contribution in [-0.2, 0) is 16.4 Å². The van der Waals surface area contributed by atoms with Crippen LogP contribution < -0.4 is 9.46 Å². The summed E-state index contributed by atoms with van der Waals surface area (Å²) in [6.45, 7) is 3.94. The Morgan fingerprint density at radius 3 is 2.54 bits per heavy atom. The molecule has 2 rings (SSSR count). The van der Waals surface area contributed by atoms with Gasteiger partial charge in [-0.3, -0.25) is 0 Å². The molecule has 0 spiro atoms. The van der Waals surface area contributed by atoms with Crippen molar-refractivity contribution in [3.05, 3.63) is 59.7 Å². The Kier molecular flexibility index (Phi) is 6.36. The van der Waals surface area contributed by atoms with Gasteiger partial charge in [-0.2, -0.15) is 0 Å². The molecule has 0 fully saturated rings. The Bertz CT molecular complexity index is 760. The highest BCUT2D eigenvalue weighted by Crippen LogP contribution is 2.25. The molecule has 0 saturated heterocycles. The first kappa shape index (κ1) is 18.4. The zero-order valence-corrected chi connectivity index (χ0v) is 14.7. The number of ether oxygens (including phenoxy) is 1. The van der Waals surface area contributed by atoms with Crippen LogP contribution in [0.25, 0.3) is 0 Å². The van der Waals surface area contributed by atoms with Gasteiger partial charge >= 0.3 is 0 Å². The average Bonchev–Trinajstić information content (AvgIpc) is 2.56. The van der Waals surface area contributed by atoms with Gasteiger partial charge in [0.2, 0.25) is 10.0 Å². The van der Waals surface area contributed by atoms with Crippen molar-refractivity contribution >= 4 is 10.0 Å². The summed E-state index contributed by atoms with van der Waals surface area (Å²) in [5, 5.41) is 10.1. The zero-order chi connectivity index (χ0) is 17.6. The number of benzene rings is 2. The van der Waals surface area contributed by atoms with Gasteiger partial charge in [0.05, 0.1) is 12.7 Å². The second-order valence-electron chi connectivity index (χ2n) is 5.58. The molecule has 1 atom stereocenters. The number of rotatable bonds is 8. The molecule has 2 aromatic rings. The Labute approximate surface area is 143 Å². The molecule has 0 aliphatic heterocycles. The summed E-state index contributed by atoms with van der Waals surface area (Å²) in [6.07, 6.45) is -0.419. The Balaban J connectivity index is 2.07. The highest BCUT2D eigenvalue weighted by Gasteiger charge is 2.21. The molecule has 0 bridgehead atoms. The third-order valence-electron chi connectivity index (χ3n) is 3.51. The van der Waals surface area contributed by atoms with Crippen LogP contribution >= 0.6 is 0 Å². The smallest absolute Gasteiger partial charge is 0.244 e. The predicted molar refractivity (Wildman–Crippen MR) is 93.7 cm³/mol. The molecular formula is C18H23NO4S. The molecule has 2 N–H and O–H groups in total. The normalized spacial score (nSPS) is 12.8. The average molecular weight is 349 g/mol. The Hall–Kier alpha value is -1.89. The highest BCUT2D eigenvalue weighted by molar-refractivity contribution is 7.89.